The van der Waals surface area contributed by atoms with Crippen LogP contribution in [0.15, 0.2) is 0 Å². The highest BCUT2D eigenvalue weighted by Gasteiger charge is 1.96. The summed E-state index contributed by atoms with van der Waals surface area (Å²) in [4.78, 5) is 0. The van der Waals surface area contributed by atoms with E-state index in [4.69, 9.17) is 15.2 Å². The molecule has 2 N–H and O–H groups in total. The lowest BCUT2D eigenvalue weighted by Crippen LogP contribution is -2.17. The van der Waals surface area contributed by atoms with Gasteiger partial charge in [0.15, 0.2) is 0 Å². The van der Waals surface area contributed by atoms with E-state index in [1.54, 1.807) is 7.11 Å². The first-order valence-electron chi connectivity index (χ1n) is 3.12. The summed E-state index contributed by atoms with van der Waals surface area (Å²) in [5.41, 5.74) is 5.19. The third-order valence-electron chi connectivity index (χ3n) is 1.02. The van der Waals surface area contributed by atoms with Crippen molar-refractivity contribution in [1.82, 2.24) is 0 Å². The van der Waals surface area contributed by atoms with Gasteiger partial charge in [-0.2, -0.15) is 0 Å². The minimum absolute atomic E-state index is 0.177. The summed E-state index contributed by atoms with van der Waals surface area (Å²) in [5.74, 6) is 0. The van der Waals surface area contributed by atoms with E-state index in [1.807, 2.05) is 6.92 Å². The highest BCUT2D eigenvalue weighted by molar-refractivity contribution is 4.44. The molecule has 0 rings (SSSR count). The van der Waals surface area contributed by atoms with Crippen molar-refractivity contribution in [3.63, 3.8) is 0 Å². The number of nitrogens with two attached hydrogens (primary N) is 1. The molecule has 0 saturated heterocycles. The summed E-state index contributed by atoms with van der Waals surface area (Å²) in [6, 6.07) is 0. The molecule has 0 heterocycles. The molecule has 0 aromatic heterocycles. The van der Waals surface area contributed by atoms with Crippen LogP contribution < -0.4 is 5.73 Å². The van der Waals surface area contributed by atoms with Gasteiger partial charge in [0, 0.05) is 13.7 Å². The lowest BCUT2D eigenvalue weighted by molar-refractivity contribution is 0.0213. The molecular formula is C6H15NO2. The van der Waals surface area contributed by atoms with Gasteiger partial charge in [0.05, 0.1) is 19.3 Å². The molecule has 0 saturated carbocycles. The Hall–Kier alpha value is -0.120. The zero-order chi connectivity index (χ0) is 7.11. The zero-order valence-electron chi connectivity index (χ0n) is 6.09. The van der Waals surface area contributed by atoms with Gasteiger partial charge in [0.25, 0.3) is 0 Å². The van der Waals surface area contributed by atoms with Gasteiger partial charge < -0.3 is 15.2 Å². The second-order valence-corrected chi connectivity index (χ2v) is 1.91. The minimum atomic E-state index is 0.177. The second-order valence-electron chi connectivity index (χ2n) is 1.91. The predicted molar refractivity (Wildman–Crippen MR) is 36.3 cm³/mol. The van der Waals surface area contributed by atoms with Crippen LogP contribution in [0.25, 0.3) is 0 Å². The highest BCUT2D eigenvalue weighted by Crippen LogP contribution is 1.86. The number of hydrogen-bond acceptors (Lipinski definition) is 3. The number of rotatable bonds is 5. The van der Waals surface area contributed by atoms with Crippen molar-refractivity contribution < 1.29 is 9.47 Å². The maximum Gasteiger partial charge on any atom is 0.0776 e. The molecule has 0 aromatic carbocycles. The van der Waals surface area contributed by atoms with E-state index in [9.17, 15) is 0 Å². The van der Waals surface area contributed by atoms with Crippen molar-refractivity contribution in [3.05, 3.63) is 0 Å². The zero-order valence-corrected chi connectivity index (χ0v) is 6.09. The normalized spacial score (nSPS) is 13.7. The molecule has 1 atom stereocenters. The van der Waals surface area contributed by atoms with Crippen LogP contribution in [-0.2, 0) is 9.47 Å². The van der Waals surface area contributed by atoms with Crippen LogP contribution in [-0.4, -0.2) is 33.0 Å². The van der Waals surface area contributed by atoms with Crippen LogP contribution in [0.3, 0.4) is 0 Å². The average Bonchev–Trinajstić information content (AvgIpc) is 1.89. The summed E-state index contributed by atoms with van der Waals surface area (Å²) in [7, 11) is 1.66. The summed E-state index contributed by atoms with van der Waals surface area (Å²) in [6.45, 7) is 3.79. The fourth-order valence-corrected chi connectivity index (χ4v) is 0.401. The fourth-order valence-electron chi connectivity index (χ4n) is 0.401. The smallest absolute Gasteiger partial charge is 0.0776 e. The van der Waals surface area contributed by atoms with Gasteiger partial charge in [0.1, 0.15) is 0 Å². The van der Waals surface area contributed by atoms with Crippen molar-refractivity contribution in [1.29, 1.82) is 0 Å². The Labute approximate surface area is 56.1 Å². The maximum atomic E-state index is 5.19. The van der Waals surface area contributed by atoms with Crippen molar-refractivity contribution in [2.24, 2.45) is 5.73 Å². The van der Waals surface area contributed by atoms with Crippen LogP contribution in [0.1, 0.15) is 6.92 Å². The summed E-state index contributed by atoms with van der Waals surface area (Å²) in [6.07, 6.45) is 0.177. The summed E-state index contributed by atoms with van der Waals surface area (Å²) < 4.78 is 10.0. The van der Waals surface area contributed by atoms with E-state index in [-0.39, 0.29) is 6.10 Å². The van der Waals surface area contributed by atoms with Crippen LogP contribution in [0.4, 0.5) is 0 Å². The molecule has 56 valence electrons. The molecule has 0 bridgehead atoms. The summed E-state index contributed by atoms with van der Waals surface area (Å²) in [5, 5.41) is 0. The van der Waals surface area contributed by atoms with Gasteiger partial charge in [-0.05, 0) is 6.92 Å². The number of methoxy groups -OCH3 is 1. The number of hydrogen-bond donors (Lipinski definition) is 1. The van der Waals surface area contributed by atoms with Gasteiger partial charge in [-0.25, -0.2) is 0 Å². The Balaban J connectivity index is 2.88. The van der Waals surface area contributed by atoms with Crippen molar-refractivity contribution in [2.45, 2.75) is 13.0 Å². The highest BCUT2D eigenvalue weighted by atomic mass is 16.5. The minimum Gasteiger partial charge on any atom is -0.379 e. The molecular weight excluding hydrogens is 118 g/mol. The number of ether oxygens (including phenoxy) is 2. The average molecular weight is 133 g/mol. The monoisotopic (exact) mass is 133 g/mol. The van der Waals surface area contributed by atoms with Crippen LogP contribution >= 0.6 is 0 Å². The van der Waals surface area contributed by atoms with Gasteiger partial charge in [-0.1, -0.05) is 0 Å². The molecule has 0 aliphatic heterocycles. The third kappa shape index (κ3) is 5.76. The van der Waals surface area contributed by atoms with E-state index in [0.29, 0.717) is 19.8 Å². The van der Waals surface area contributed by atoms with Gasteiger partial charge in [0.2, 0.25) is 0 Å². The molecule has 0 amide bonds. The second kappa shape index (κ2) is 6.01. The van der Waals surface area contributed by atoms with E-state index in [0.717, 1.165) is 0 Å². The van der Waals surface area contributed by atoms with Crippen molar-refractivity contribution in [2.75, 3.05) is 26.9 Å². The van der Waals surface area contributed by atoms with E-state index in [2.05, 4.69) is 0 Å². The Bertz CT molecular complexity index is 59.0. The van der Waals surface area contributed by atoms with E-state index < -0.39 is 0 Å². The Morgan fingerprint density at radius 2 is 2.22 bits per heavy atom. The van der Waals surface area contributed by atoms with Gasteiger partial charge >= 0.3 is 0 Å². The third-order valence-corrected chi connectivity index (χ3v) is 1.02. The Kier molecular flexibility index (Phi) is 5.93. The first-order valence-corrected chi connectivity index (χ1v) is 3.12. The Morgan fingerprint density at radius 1 is 1.56 bits per heavy atom. The largest absolute Gasteiger partial charge is 0.379 e. The first kappa shape index (κ1) is 8.88. The molecule has 1 unspecified atom stereocenters. The molecule has 0 aromatic rings. The molecule has 9 heavy (non-hydrogen) atoms. The lowest BCUT2D eigenvalue weighted by atomic mass is 10.4. The molecule has 0 radical (unpaired) electrons. The lowest BCUT2D eigenvalue weighted by Gasteiger charge is -2.08. The van der Waals surface area contributed by atoms with Crippen LogP contribution in [0.2, 0.25) is 0 Å². The van der Waals surface area contributed by atoms with Crippen LogP contribution in [0.5, 0.6) is 0 Å². The van der Waals surface area contributed by atoms with Gasteiger partial charge in [-0.15, -0.1) is 0 Å². The molecule has 0 fully saturated rings. The Morgan fingerprint density at radius 3 is 2.67 bits per heavy atom. The molecule has 3 heteroatoms. The van der Waals surface area contributed by atoms with Crippen molar-refractivity contribution >= 4 is 0 Å². The maximum absolute atomic E-state index is 5.19. The summed E-state index contributed by atoms with van der Waals surface area (Å²) >= 11 is 0. The standard InChI is InChI=1S/C6H15NO2/c1-6(8-2)5-9-4-3-7/h6H,3-5,7H2,1-2H3. The quantitative estimate of drug-likeness (QED) is 0.537. The predicted octanol–water partition coefficient (Wildman–Crippen LogP) is -0.00340. The molecule has 0 aliphatic carbocycles. The van der Waals surface area contributed by atoms with Crippen molar-refractivity contribution in [3.8, 4) is 0 Å². The molecule has 0 spiro atoms. The van der Waals surface area contributed by atoms with E-state index in [1.165, 1.54) is 0 Å². The van der Waals surface area contributed by atoms with Gasteiger partial charge in [-0.3, -0.25) is 0 Å². The SMILES string of the molecule is COC(C)COCCN. The molecule has 0 aliphatic rings. The molecule has 3 nitrogen and oxygen atoms in total. The first-order chi connectivity index (χ1) is 4.31. The van der Waals surface area contributed by atoms with E-state index >= 15 is 0 Å². The fraction of sp³-hybridized carbons (Fsp3) is 1.00. The topological polar surface area (TPSA) is 44.5 Å². The van der Waals surface area contributed by atoms with Crippen LogP contribution in [0, 0.1) is 0 Å².